The summed E-state index contributed by atoms with van der Waals surface area (Å²) in [6.45, 7) is 11.9. The first kappa shape index (κ1) is 14.8. The zero-order valence-electron chi connectivity index (χ0n) is 11.1. The third-order valence-corrected chi connectivity index (χ3v) is 4.11. The van der Waals surface area contributed by atoms with Crippen LogP contribution in [0.1, 0.15) is 25.3 Å². The molecule has 0 bridgehead atoms. The van der Waals surface area contributed by atoms with Crippen molar-refractivity contribution >= 4 is 11.6 Å². The van der Waals surface area contributed by atoms with Gasteiger partial charge in [0.05, 0.1) is 0 Å². The molecule has 0 aliphatic rings. The van der Waals surface area contributed by atoms with Gasteiger partial charge in [-0.1, -0.05) is 75.6 Å². The van der Waals surface area contributed by atoms with Gasteiger partial charge in [0.15, 0.2) is 0 Å². The van der Waals surface area contributed by atoms with E-state index in [1.54, 1.807) is 6.08 Å². The molecule has 1 aromatic carbocycles. The molecule has 0 aliphatic heterocycles. The lowest BCUT2D eigenvalue weighted by atomic mass is 9.86. The van der Waals surface area contributed by atoms with Gasteiger partial charge in [0.25, 0.3) is 0 Å². The molecule has 1 rings (SSSR count). The molecule has 0 fully saturated rings. The van der Waals surface area contributed by atoms with Crippen LogP contribution in [0.3, 0.4) is 0 Å². The van der Waals surface area contributed by atoms with Crippen LogP contribution in [0.5, 0.6) is 0 Å². The van der Waals surface area contributed by atoms with E-state index in [0.717, 1.165) is 5.57 Å². The Morgan fingerprint density at radius 2 is 1.78 bits per heavy atom. The van der Waals surface area contributed by atoms with Crippen LogP contribution in [0, 0.1) is 5.92 Å². The lowest BCUT2D eigenvalue weighted by Crippen LogP contribution is -2.20. The van der Waals surface area contributed by atoms with Crippen LogP contribution >= 0.6 is 11.6 Å². The van der Waals surface area contributed by atoms with E-state index in [0.29, 0.717) is 5.92 Å². The van der Waals surface area contributed by atoms with Crippen molar-refractivity contribution < 1.29 is 0 Å². The topological polar surface area (TPSA) is 0 Å². The maximum absolute atomic E-state index is 6.60. The van der Waals surface area contributed by atoms with Gasteiger partial charge in [-0.3, -0.25) is 0 Å². The highest BCUT2D eigenvalue weighted by molar-refractivity contribution is 6.21. The minimum absolute atomic E-state index is 0.0385. The molecule has 0 spiro atoms. The van der Waals surface area contributed by atoms with E-state index in [9.17, 15) is 0 Å². The van der Waals surface area contributed by atoms with Gasteiger partial charge in [0.1, 0.15) is 0 Å². The molecular weight excluding hydrogens is 240 g/mol. The zero-order chi connectivity index (χ0) is 13.5. The molecule has 0 nitrogen and oxygen atoms in total. The van der Waals surface area contributed by atoms with E-state index in [-0.39, 0.29) is 11.3 Å². The van der Waals surface area contributed by atoms with Crippen LogP contribution in [0.2, 0.25) is 0 Å². The van der Waals surface area contributed by atoms with Crippen molar-refractivity contribution in [2.75, 3.05) is 0 Å². The first-order valence-electron chi connectivity index (χ1n) is 6.25. The minimum atomic E-state index is 0.0385. The number of rotatable bonds is 6. The van der Waals surface area contributed by atoms with E-state index >= 15 is 0 Å². The summed E-state index contributed by atoms with van der Waals surface area (Å²) in [7, 11) is 0. The van der Waals surface area contributed by atoms with Crippen LogP contribution in [0.4, 0.5) is 0 Å². The quantitative estimate of drug-likeness (QED) is 0.479. The maximum atomic E-state index is 6.60. The summed E-state index contributed by atoms with van der Waals surface area (Å²) in [5, 5.41) is 0.0385. The Hall–Kier alpha value is -1.27. The second-order valence-electron chi connectivity index (χ2n) is 4.54. The molecular formula is C17H21Cl. The average molecular weight is 261 g/mol. The average Bonchev–Trinajstić information content (AvgIpc) is 2.43. The first-order chi connectivity index (χ1) is 8.61. The number of hydrogen-bond donors (Lipinski definition) is 0. The normalized spacial score (nSPS) is 16.7. The second-order valence-corrected chi connectivity index (χ2v) is 5.04. The van der Waals surface area contributed by atoms with Gasteiger partial charge in [-0.15, -0.1) is 11.6 Å². The molecule has 0 heterocycles. The van der Waals surface area contributed by atoms with Crippen molar-refractivity contribution in [3.05, 3.63) is 72.9 Å². The highest BCUT2D eigenvalue weighted by atomic mass is 35.5. The largest absolute Gasteiger partial charge is 0.122 e. The summed E-state index contributed by atoms with van der Waals surface area (Å²) in [5.41, 5.74) is 2.40. The van der Waals surface area contributed by atoms with Gasteiger partial charge in [-0.05, 0) is 23.0 Å². The fraction of sp³-hybridized carbons (Fsp3) is 0.294. The number of allylic oxidation sites excluding steroid dienone is 4. The van der Waals surface area contributed by atoms with Gasteiger partial charge < -0.3 is 0 Å². The smallest absolute Gasteiger partial charge is 0.0467 e. The van der Waals surface area contributed by atoms with Crippen molar-refractivity contribution in [1.82, 2.24) is 0 Å². The van der Waals surface area contributed by atoms with Crippen LogP contribution < -0.4 is 0 Å². The summed E-state index contributed by atoms with van der Waals surface area (Å²) in [5.74, 6) is 0.549. The predicted molar refractivity (Wildman–Crippen MR) is 82.1 cm³/mol. The molecule has 18 heavy (non-hydrogen) atoms. The Morgan fingerprint density at radius 1 is 1.17 bits per heavy atom. The predicted octanol–water partition coefficient (Wildman–Crippen LogP) is 5.33. The molecule has 0 radical (unpaired) electrons. The molecule has 96 valence electrons. The van der Waals surface area contributed by atoms with E-state index in [2.05, 4.69) is 39.1 Å². The molecule has 0 saturated carbocycles. The lowest BCUT2D eigenvalue weighted by Gasteiger charge is -2.25. The molecule has 3 unspecified atom stereocenters. The van der Waals surface area contributed by atoms with Gasteiger partial charge in [-0.2, -0.15) is 0 Å². The fourth-order valence-electron chi connectivity index (χ4n) is 2.10. The maximum Gasteiger partial charge on any atom is 0.0467 e. The third kappa shape index (κ3) is 3.61. The highest BCUT2D eigenvalue weighted by Gasteiger charge is 2.23. The number of hydrogen-bond acceptors (Lipinski definition) is 0. The Balaban J connectivity index is 2.86. The summed E-state index contributed by atoms with van der Waals surface area (Å²) in [4.78, 5) is 0. The third-order valence-electron chi connectivity index (χ3n) is 3.35. The number of alkyl halides is 1. The lowest BCUT2D eigenvalue weighted by molar-refractivity contribution is 0.563. The molecule has 1 heteroatoms. The van der Waals surface area contributed by atoms with Crippen LogP contribution in [0.25, 0.3) is 0 Å². The molecule has 0 N–H and O–H groups in total. The molecule has 3 atom stereocenters. The van der Waals surface area contributed by atoms with E-state index in [1.165, 1.54) is 5.56 Å². The fourth-order valence-corrected chi connectivity index (χ4v) is 2.39. The molecule has 0 amide bonds. The highest BCUT2D eigenvalue weighted by Crippen LogP contribution is 2.32. The van der Waals surface area contributed by atoms with Gasteiger partial charge >= 0.3 is 0 Å². The van der Waals surface area contributed by atoms with Crippen molar-refractivity contribution in [3.8, 4) is 0 Å². The molecule has 0 aromatic heterocycles. The summed E-state index contributed by atoms with van der Waals surface area (Å²) in [6, 6.07) is 10.4. The van der Waals surface area contributed by atoms with Gasteiger partial charge in [-0.25, -0.2) is 0 Å². The number of halogens is 1. The van der Waals surface area contributed by atoms with E-state index in [1.807, 2.05) is 30.4 Å². The van der Waals surface area contributed by atoms with Crippen molar-refractivity contribution in [2.24, 2.45) is 5.92 Å². The molecule has 0 saturated heterocycles. The minimum Gasteiger partial charge on any atom is -0.122 e. The Kier molecular flexibility index (Phi) is 5.94. The van der Waals surface area contributed by atoms with Crippen molar-refractivity contribution in [3.63, 3.8) is 0 Å². The molecule has 1 aromatic rings. The standard InChI is InChI=1S/C17H21Cl/c1-5-10-15(6-2)13(3)17(18)14(4)16-11-8-7-9-12-16/h5-14,17H,1-2H2,3-4H3/b15-10+. The van der Waals surface area contributed by atoms with Gasteiger partial charge in [0.2, 0.25) is 0 Å². The van der Waals surface area contributed by atoms with Crippen molar-refractivity contribution in [1.29, 1.82) is 0 Å². The van der Waals surface area contributed by atoms with E-state index in [4.69, 9.17) is 11.6 Å². The Morgan fingerprint density at radius 3 is 2.28 bits per heavy atom. The van der Waals surface area contributed by atoms with Crippen LogP contribution in [0.15, 0.2) is 67.3 Å². The first-order valence-corrected chi connectivity index (χ1v) is 6.69. The van der Waals surface area contributed by atoms with Crippen LogP contribution in [-0.4, -0.2) is 5.38 Å². The van der Waals surface area contributed by atoms with Gasteiger partial charge in [0, 0.05) is 5.38 Å². The number of benzene rings is 1. The van der Waals surface area contributed by atoms with E-state index < -0.39 is 0 Å². The summed E-state index contributed by atoms with van der Waals surface area (Å²) in [6.07, 6.45) is 5.62. The summed E-state index contributed by atoms with van der Waals surface area (Å²) < 4.78 is 0. The Labute approximate surface area is 116 Å². The van der Waals surface area contributed by atoms with Crippen LogP contribution in [-0.2, 0) is 0 Å². The monoisotopic (exact) mass is 260 g/mol. The Bertz CT molecular complexity index is 416. The summed E-state index contributed by atoms with van der Waals surface area (Å²) >= 11 is 6.60. The second kappa shape index (κ2) is 7.23. The van der Waals surface area contributed by atoms with Crippen molar-refractivity contribution in [2.45, 2.75) is 25.1 Å². The SMILES string of the molecule is C=C/C=C(\C=C)C(C)C(Cl)C(C)c1ccccc1. The zero-order valence-corrected chi connectivity index (χ0v) is 11.9. The molecule has 0 aliphatic carbocycles.